The molecule has 166 valence electrons. The van der Waals surface area contributed by atoms with Crippen LogP contribution in [-0.4, -0.2) is 25.8 Å². The van der Waals surface area contributed by atoms with Crippen LogP contribution >= 0.6 is 0 Å². The number of benzene rings is 4. The lowest BCUT2D eigenvalue weighted by Gasteiger charge is -2.33. The summed E-state index contributed by atoms with van der Waals surface area (Å²) in [6.07, 6.45) is 2.11. The lowest BCUT2D eigenvalue weighted by molar-refractivity contribution is -0.660. The van der Waals surface area contributed by atoms with Crippen molar-refractivity contribution in [2.75, 3.05) is 0 Å². The number of furan rings is 1. The SMILES string of the molecule is Cc1ccc2c(oc3c4c(ccc32)B2c3ccccc3[Si]c3cccc(c32)[Si]4)c1-c1cccc[n+]1C. The van der Waals surface area contributed by atoms with Gasteiger partial charge < -0.3 is 4.42 Å². The third-order valence-electron chi connectivity index (χ3n) is 7.87. The van der Waals surface area contributed by atoms with Crippen LogP contribution in [0.25, 0.3) is 33.2 Å². The van der Waals surface area contributed by atoms with E-state index in [1.54, 1.807) is 5.46 Å². The van der Waals surface area contributed by atoms with Crippen molar-refractivity contribution in [1.29, 1.82) is 0 Å². The Hall–Kier alpha value is -3.67. The van der Waals surface area contributed by atoms with Gasteiger partial charge in [0.15, 0.2) is 6.20 Å². The van der Waals surface area contributed by atoms with E-state index in [2.05, 4.69) is 110 Å². The molecule has 2 aromatic heterocycles. The minimum atomic E-state index is 0.288. The van der Waals surface area contributed by atoms with Gasteiger partial charge in [-0.3, -0.25) is 0 Å². The molecule has 0 spiro atoms. The molecule has 0 saturated heterocycles. The van der Waals surface area contributed by atoms with E-state index < -0.39 is 0 Å². The van der Waals surface area contributed by atoms with Crippen molar-refractivity contribution in [2.45, 2.75) is 6.92 Å². The van der Waals surface area contributed by atoms with Crippen LogP contribution in [0.1, 0.15) is 5.56 Å². The van der Waals surface area contributed by atoms with Gasteiger partial charge in [0.1, 0.15) is 37.3 Å². The first-order valence-corrected chi connectivity index (χ1v) is 14.4. The van der Waals surface area contributed by atoms with Crippen LogP contribution in [0.15, 0.2) is 95.5 Å². The molecule has 4 radical (unpaired) electrons. The van der Waals surface area contributed by atoms with E-state index in [-0.39, 0.29) is 6.71 Å². The highest BCUT2D eigenvalue weighted by Crippen LogP contribution is 2.36. The number of rotatable bonds is 1. The Kier molecular flexibility index (Phi) is 4.23. The van der Waals surface area contributed by atoms with E-state index in [9.17, 15) is 0 Å². The van der Waals surface area contributed by atoms with Crippen LogP contribution in [0.4, 0.5) is 0 Å². The zero-order valence-corrected chi connectivity index (χ0v) is 22.1. The Morgan fingerprint density at radius 3 is 2.33 bits per heavy atom. The lowest BCUT2D eigenvalue weighted by atomic mass is 9.36. The van der Waals surface area contributed by atoms with E-state index in [0.717, 1.165) is 20.7 Å². The second-order valence-electron chi connectivity index (χ2n) is 9.88. The van der Waals surface area contributed by atoms with Crippen LogP contribution < -0.4 is 41.7 Å². The molecule has 0 amide bonds. The molecule has 36 heavy (non-hydrogen) atoms. The minimum absolute atomic E-state index is 0.288. The van der Waals surface area contributed by atoms with E-state index in [0.29, 0.717) is 9.52 Å². The molecule has 4 heterocycles. The summed E-state index contributed by atoms with van der Waals surface area (Å²) in [6, 6.07) is 31.5. The molecule has 0 atom stereocenters. The quantitative estimate of drug-likeness (QED) is 0.246. The molecular formula is C31H21BNOSi2+. The minimum Gasteiger partial charge on any atom is -0.455 e. The van der Waals surface area contributed by atoms with Crippen LogP contribution in [0.5, 0.6) is 0 Å². The smallest absolute Gasteiger partial charge is 0.240 e. The summed E-state index contributed by atoms with van der Waals surface area (Å²) in [6.45, 7) is 2.47. The molecule has 0 N–H and O–H groups in total. The van der Waals surface area contributed by atoms with Crippen molar-refractivity contribution < 1.29 is 8.98 Å². The highest BCUT2D eigenvalue weighted by molar-refractivity contribution is 7.10. The summed E-state index contributed by atoms with van der Waals surface area (Å²) >= 11 is 0. The maximum Gasteiger partial charge on any atom is 0.240 e. The Bertz CT molecular complexity index is 1890. The average molecular weight is 490 g/mol. The summed E-state index contributed by atoms with van der Waals surface area (Å²) in [4.78, 5) is 0. The zero-order chi connectivity index (χ0) is 24.0. The fourth-order valence-corrected chi connectivity index (χ4v) is 9.30. The van der Waals surface area contributed by atoms with Gasteiger partial charge in [-0.2, -0.15) is 0 Å². The standard InChI is InChI=1S/C31H21BNOSi2/c1-18-13-14-19-20-15-16-22-31(30(20)34-29(19)27(18)23-9-5-6-17-33(23)2)36-26-12-7-11-25-28(26)32(22)21-8-3-4-10-24(21)35-25/h3-17H,1-2H3/q+1. The summed E-state index contributed by atoms with van der Waals surface area (Å²) in [5.41, 5.74) is 10.1. The molecule has 0 fully saturated rings. The van der Waals surface area contributed by atoms with Crippen molar-refractivity contribution in [2.24, 2.45) is 7.05 Å². The molecule has 8 rings (SSSR count). The number of pyridine rings is 1. The normalized spacial score (nSPS) is 13.6. The predicted molar refractivity (Wildman–Crippen MR) is 153 cm³/mol. The third-order valence-corrected chi connectivity index (χ3v) is 10.8. The van der Waals surface area contributed by atoms with Crippen LogP contribution in [0.3, 0.4) is 0 Å². The monoisotopic (exact) mass is 490 g/mol. The van der Waals surface area contributed by atoms with Crippen LogP contribution in [-0.2, 0) is 7.05 Å². The zero-order valence-electron chi connectivity index (χ0n) is 20.1. The van der Waals surface area contributed by atoms with Gasteiger partial charge in [-0.1, -0.05) is 98.7 Å². The first-order valence-electron chi connectivity index (χ1n) is 12.4. The third kappa shape index (κ3) is 2.70. The molecule has 2 aliphatic rings. The van der Waals surface area contributed by atoms with Crippen molar-refractivity contribution in [3.05, 3.63) is 96.7 Å². The number of fused-ring (bicyclic) bond motifs is 8. The molecule has 0 aliphatic carbocycles. The van der Waals surface area contributed by atoms with E-state index in [1.807, 2.05) is 0 Å². The maximum absolute atomic E-state index is 6.91. The van der Waals surface area contributed by atoms with Gasteiger partial charge in [0.2, 0.25) is 12.4 Å². The number of nitrogens with zero attached hydrogens (tertiary/aromatic N) is 1. The van der Waals surface area contributed by atoms with E-state index in [4.69, 9.17) is 4.42 Å². The maximum atomic E-state index is 6.91. The summed E-state index contributed by atoms with van der Waals surface area (Å²) in [5.74, 6) is 0. The van der Waals surface area contributed by atoms with E-state index >= 15 is 0 Å². The van der Waals surface area contributed by atoms with Gasteiger partial charge in [0.25, 0.3) is 0 Å². The fourth-order valence-electron chi connectivity index (χ4n) is 6.20. The fraction of sp³-hybridized carbons (Fsp3) is 0.0645. The Balaban J connectivity index is 1.45. The topological polar surface area (TPSA) is 17.0 Å². The largest absolute Gasteiger partial charge is 0.455 e. The van der Waals surface area contributed by atoms with Crippen molar-refractivity contribution >= 4 is 84.8 Å². The number of aromatic nitrogens is 1. The molecule has 0 saturated carbocycles. The predicted octanol–water partition coefficient (Wildman–Crippen LogP) is 0.839. The first-order chi connectivity index (χ1) is 17.7. The summed E-state index contributed by atoms with van der Waals surface area (Å²) in [7, 11) is 3.44. The highest BCUT2D eigenvalue weighted by Gasteiger charge is 2.38. The molecule has 2 aliphatic heterocycles. The van der Waals surface area contributed by atoms with Gasteiger partial charge in [0, 0.05) is 22.9 Å². The van der Waals surface area contributed by atoms with Gasteiger partial charge in [-0.15, -0.1) is 0 Å². The summed E-state index contributed by atoms with van der Waals surface area (Å²) < 4.78 is 9.10. The second-order valence-corrected chi connectivity index (χ2v) is 12.5. The number of hydrogen-bond acceptors (Lipinski definition) is 1. The lowest BCUT2D eigenvalue weighted by Crippen LogP contribution is -2.77. The highest BCUT2D eigenvalue weighted by atomic mass is 28.2. The Labute approximate surface area is 215 Å². The van der Waals surface area contributed by atoms with Gasteiger partial charge in [-0.05, 0) is 23.7 Å². The van der Waals surface area contributed by atoms with Crippen LogP contribution in [0.2, 0.25) is 0 Å². The average Bonchev–Trinajstić information content (AvgIpc) is 3.28. The van der Waals surface area contributed by atoms with Crippen LogP contribution in [0, 0.1) is 6.92 Å². The van der Waals surface area contributed by atoms with Crippen molar-refractivity contribution in [3.8, 4) is 11.3 Å². The molecule has 5 heteroatoms. The number of aryl methyl sites for hydroxylation is 2. The molecular weight excluding hydrogens is 469 g/mol. The Morgan fingerprint density at radius 2 is 1.44 bits per heavy atom. The van der Waals surface area contributed by atoms with E-state index in [1.165, 1.54) is 59.3 Å². The molecule has 2 nitrogen and oxygen atoms in total. The number of hydrogen-bond donors (Lipinski definition) is 0. The second kappa shape index (κ2) is 7.42. The molecule has 4 aromatic carbocycles. The van der Waals surface area contributed by atoms with Gasteiger partial charge in [0.05, 0.1) is 5.56 Å². The molecule has 0 unspecified atom stereocenters. The van der Waals surface area contributed by atoms with Gasteiger partial charge in [-0.25, -0.2) is 4.57 Å². The molecule has 0 bridgehead atoms. The van der Waals surface area contributed by atoms with Crippen molar-refractivity contribution in [3.63, 3.8) is 0 Å². The Morgan fingerprint density at radius 1 is 0.694 bits per heavy atom. The van der Waals surface area contributed by atoms with Gasteiger partial charge >= 0.3 is 0 Å². The molecule has 6 aromatic rings. The van der Waals surface area contributed by atoms with Crippen molar-refractivity contribution in [1.82, 2.24) is 0 Å². The summed E-state index contributed by atoms with van der Waals surface area (Å²) in [5, 5.41) is 8.26. The first kappa shape index (κ1) is 20.5.